The summed E-state index contributed by atoms with van der Waals surface area (Å²) in [5, 5.41) is 0. The highest BCUT2D eigenvalue weighted by atomic mass is 16.2. The van der Waals surface area contributed by atoms with Crippen LogP contribution in [0.4, 0.5) is 0 Å². The molecule has 1 saturated heterocycles. The summed E-state index contributed by atoms with van der Waals surface area (Å²) in [6.45, 7) is 2.87. The van der Waals surface area contributed by atoms with E-state index in [4.69, 9.17) is 5.73 Å². The van der Waals surface area contributed by atoms with E-state index in [9.17, 15) is 9.59 Å². The summed E-state index contributed by atoms with van der Waals surface area (Å²) in [6.07, 6.45) is 0. The molecule has 0 saturated carbocycles. The molecular weight excluding hydrogens is 220 g/mol. The fourth-order valence-electron chi connectivity index (χ4n) is 1.95. The van der Waals surface area contributed by atoms with Crippen molar-refractivity contribution >= 4 is 11.8 Å². The van der Waals surface area contributed by atoms with E-state index in [1.165, 1.54) is 0 Å². The number of primary amides is 1. The van der Waals surface area contributed by atoms with Gasteiger partial charge in [-0.1, -0.05) is 0 Å². The second-order valence-electron chi connectivity index (χ2n) is 4.94. The number of carbonyl (C=O) groups excluding carboxylic acids is 2. The maximum atomic E-state index is 11.9. The largest absolute Gasteiger partial charge is 0.369 e. The van der Waals surface area contributed by atoms with E-state index < -0.39 is 0 Å². The molecule has 0 unspecified atom stereocenters. The van der Waals surface area contributed by atoms with Gasteiger partial charge in [0, 0.05) is 26.2 Å². The normalized spacial score (nSPS) is 22.6. The summed E-state index contributed by atoms with van der Waals surface area (Å²) in [7, 11) is 5.65. The van der Waals surface area contributed by atoms with Crippen LogP contribution >= 0.6 is 0 Å². The van der Waals surface area contributed by atoms with Crippen LogP contribution in [-0.4, -0.2) is 80.4 Å². The lowest BCUT2D eigenvalue weighted by molar-refractivity contribution is -0.133. The van der Waals surface area contributed by atoms with Gasteiger partial charge in [0.25, 0.3) is 0 Å². The van der Waals surface area contributed by atoms with Crippen LogP contribution in [0.5, 0.6) is 0 Å². The molecule has 1 rings (SSSR count). The van der Waals surface area contributed by atoms with Crippen molar-refractivity contribution in [2.24, 2.45) is 11.7 Å². The second kappa shape index (κ2) is 5.97. The minimum atomic E-state index is -0.332. The molecule has 2 N–H and O–H groups in total. The third-order valence-electron chi connectivity index (χ3n) is 2.93. The van der Waals surface area contributed by atoms with Gasteiger partial charge in [0.2, 0.25) is 11.8 Å². The van der Waals surface area contributed by atoms with Crippen molar-refractivity contribution in [2.45, 2.75) is 0 Å². The van der Waals surface area contributed by atoms with Crippen molar-refractivity contribution in [3.05, 3.63) is 0 Å². The highest BCUT2D eigenvalue weighted by Gasteiger charge is 2.27. The standard InChI is InChI=1S/C11H22N4O2/c1-13(2)8-10(16)15-5-4-14(3)6-9(7-15)11(12)17/h9H,4-8H2,1-3H3,(H2,12,17)/t9-/m0/s1. The number of nitrogens with zero attached hydrogens (tertiary/aromatic N) is 3. The molecule has 1 aliphatic rings. The molecule has 0 aromatic carbocycles. The lowest BCUT2D eigenvalue weighted by atomic mass is 10.1. The van der Waals surface area contributed by atoms with E-state index in [0.717, 1.165) is 6.54 Å². The van der Waals surface area contributed by atoms with Gasteiger partial charge in [-0.25, -0.2) is 0 Å². The van der Waals surface area contributed by atoms with Gasteiger partial charge in [-0.15, -0.1) is 0 Å². The van der Waals surface area contributed by atoms with E-state index in [-0.39, 0.29) is 17.7 Å². The van der Waals surface area contributed by atoms with Gasteiger partial charge in [0.1, 0.15) is 0 Å². The molecule has 0 radical (unpaired) electrons. The Balaban J connectivity index is 2.66. The minimum absolute atomic E-state index is 0.0524. The van der Waals surface area contributed by atoms with Crippen molar-refractivity contribution < 1.29 is 9.59 Å². The van der Waals surface area contributed by atoms with E-state index >= 15 is 0 Å². The van der Waals surface area contributed by atoms with Gasteiger partial charge in [0.05, 0.1) is 12.5 Å². The number of hydrogen-bond acceptors (Lipinski definition) is 4. The van der Waals surface area contributed by atoms with Crippen LogP contribution < -0.4 is 5.73 Å². The second-order valence-corrected chi connectivity index (χ2v) is 4.94. The summed E-state index contributed by atoms with van der Waals surface area (Å²) in [5.74, 6) is -0.549. The predicted octanol–water partition coefficient (Wildman–Crippen LogP) is -1.58. The van der Waals surface area contributed by atoms with Crippen LogP contribution in [0.3, 0.4) is 0 Å². The van der Waals surface area contributed by atoms with Gasteiger partial charge < -0.3 is 20.4 Å². The Bertz CT molecular complexity index is 293. The Morgan fingerprint density at radius 1 is 1.29 bits per heavy atom. The van der Waals surface area contributed by atoms with Gasteiger partial charge >= 0.3 is 0 Å². The molecule has 1 aliphatic heterocycles. The summed E-state index contributed by atoms with van der Waals surface area (Å²) in [6, 6.07) is 0. The van der Waals surface area contributed by atoms with E-state index in [1.807, 2.05) is 30.9 Å². The molecule has 6 heteroatoms. The number of carbonyl (C=O) groups is 2. The quantitative estimate of drug-likeness (QED) is 0.649. The molecule has 0 aliphatic carbocycles. The first-order valence-electron chi connectivity index (χ1n) is 5.80. The lowest BCUT2D eigenvalue weighted by Crippen LogP contribution is -2.43. The molecule has 6 nitrogen and oxygen atoms in total. The van der Waals surface area contributed by atoms with Crippen molar-refractivity contribution in [1.29, 1.82) is 0 Å². The molecule has 98 valence electrons. The summed E-state index contributed by atoms with van der Waals surface area (Å²) in [5.41, 5.74) is 5.35. The topological polar surface area (TPSA) is 69.9 Å². The fourth-order valence-corrected chi connectivity index (χ4v) is 1.95. The first-order chi connectivity index (χ1) is 7.90. The average Bonchev–Trinajstić information content (AvgIpc) is 2.39. The SMILES string of the molecule is CN(C)CC(=O)N1CCN(C)C[C@H](C(N)=O)C1. The van der Waals surface area contributed by atoms with Crippen LogP contribution in [-0.2, 0) is 9.59 Å². The molecule has 0 bridgehead atoms. The Morgan fingerprint density at radius 3 is 2.47 bits per heavy atom. The molecule has 0 aromatic heterocycles. The lowest BCUT2D eigenvalue weighted by Gasteiger charge is -2.24. The van der Waals surface area contributed by atoms with Gasteiger partial charge in [-0.05, 0) is 21.1 Å². The maximum Gasteiger partial charge on any atom is 0.236 e. The molecule has 1 heterocycles. The van der Waals surface area contributed by atoms with Crippen LogP contribution in [0.2, 0.25) is 0 Å². The average molecular weight is 242 g/mol. The molecule has 2 amide bonds. The zero-order chi connectivity index (χ0) is 13.0. The van der Waals surface area contributed by atoms with Gasteiger partial charge in [-0.3, -0.25) is 9.59 Å². The highest BCUT2D eigenvalue weighted by Crippen LogP contribution is 2.08. The Hall–Kier alpha value is -1.14. The Kier molecular flexibility index (Phi) is 4.89. The summed E-state index contributed by atoms with van der Waals surface area (Å²) >= 11 is 0. The summed E-state index contributed by atoms with van der Waals surface area (Å²) < 4.78 is 0. The van der Waals surface area contributed by atoms with E-state index in [1.54, 1.807) is 4.90 Å². The molecule has 0 spiro atoms. The van der Waals surface area contributed by atoms with Crippen molar-refractivity contribution in [2.75, 3.05) is 53.9 Å². The number of likely N-dealkylation sites (N-methyl/N-ethyl adjacent to an activating group) is 2. The molecule has 1 fully saturated rings. The Morgan fingerprint density at radius 2 is 1.94 bits per heavy atom. The van der Waals surface area contributed by atoms with E-state index in [0.29, 0.717) is 26.2 Å². The molecule has 17 heavy (non-hydrogen) atoms. The smallest absolute Gasteiger partial charge is 0.236 e. The molecule has 1 atom stereocenters. The van der Waals surface area contributed by atoms with Crippen LogP contribution in [0, 0.1) is 5.92 Å². The summed E-state index contributed by atoms with van der Waals surface area (Å²) in [4.78, 5) is 28.8. The first-order valence-corrected chi connectivity index (χ1v) is 5.80. The highest BCUT2D eigenvalue weighted by molar-refractivity contribution is 5.81. The zero-order valence-electron chi connectivity index (χ0n) is 10.8. The van der Waals surface area contributed by atoms with Crippen molar-refractivity contribution in [3.63, 3.8) is 0 Å². The predicted molar refractivity (Wildman–Crippen MR) is 65.3 cm³/mol. The number of nitrogens with two attached hydrogens (primary N) is 1. The third-order valence-corrected chi connectivity index (χ3v) is 2.93. The first kappa shape index (κ1) is 13.9. The monoisotopic (exact) mass is 242 g/mol. The number of hydrogen-bond donors (Lipinski definition) is 1. The fraction of sp³-hybridized carbons (Fsp3) is 0.818. The molecular formula is C11H22N4O2. The Labute approximate surface area is 102 Å². The van der Waals surface area contributed by atoms with Crippen molar-refractivity contribution in [1.82, 2.24) is 14.7 Å². The van der Waals surface area contributed by atoms with Crippen LogP contribution in [0.15, 0.2) is 0 Å². The number of amides is 2. The van der Waals surface area contributed by atoms with Crippen LogP contribution in [0.25, 0.3) is 0 Å². The zero-order valence-corrected chi connectivity index (χ0v) is 10.8. The molecule has 0 aromatic rings. The van der Waals surface area contributed by atoms with Gasteiger partial charge in [0.15, 0.2) is 0 Å². The van der Waals surface area contributed by atoms with Crippen LogP contribution in [0.1, 0.15) is 0 Å². The maximum absolute atomic E-state index is 11.9. The minimum Gasteiger partial charge on any atom is -0.369 e. The third kappa shape index (κ3) is 4.32. The van der Waals surface area contributed by atoms with Gasteiger partial charge in [-0.2, -0.15) is 0 Å². The number of rotatable bonds is 3. The van der Waals surface area contributed by atoms with E-state index in [2.05, 4.69) is 0 Å². The van der Waals surface area contributed by atoms with Crippen molar-refractivity contribution in [3.8, 4) is 0 Å².